The number of rotatable bonds is 2. The number of nitrogens with zero attached hydrogens (tertiary/aromatic N) is 2. The first-order chi connectivity index (χ1) is 9.56. The van der Waals surface area contributed by atoms with Crippen LogP contribution in [0.15, 0.2) is 12.3 Å². The molecule has 0 aliphatic heterocycles. The molecule has 1 heterocycles. The highest BCUT2D eigenvalue weighted by atomic mass is 15.2. The highest BCUT2D eigenvalue weighted by Gasteiger charge is 2.52. The second-order valence-corrected chi connectivity index (χ2v) is 7.60. The van der Waals surface area contributed by atoms with Crippen LogP contribution in [0.25, 0.3) is 0 Å². The number of hydrogen-bond acceptors (Lipinski definition) is 3. The topological polar surface area (TPSA) is 42.2 Å². The van der Waals surface area contributed by atoms with Gasteiger partial charge in [0.1, 0.15) is 5.82 Å². The Morgan fingerprint density at radius 3 is 2.20 bits per heavy atom. The summed E-state index contributed by atoms with van der Waals surface area (Å²) in [5.41, 5.74) is 8.61. The van der Waals surface area contributed by atoms with E-state index in [9.17, 15) is 0 Å². The van der Waals surface area contributed by atoms with Crippen LogP contribution in [-0.4, -0.2) is 17.6 Å². The minimum absolute atomic E-state index is 0.402. The predicted molar refractivity (Wildman–Crippen MR) is 82.7 cm³/mol. The molecule has 0 amide bonds. The molecule has 0 radical (unpaired) electrons. The molecule has 1 aromatic rings. The van der Waals surface area contributed by atoms with E-state index in [1.807, 2.05) is 6.20 Å². The Labute approximate surface area is 121 Å². The lowest BCUT2D eigenvalue weighted by Crippen LogP contribution is -2.59. The third-order valence-corrected chi connectivity index (χ3v) is 6.21. The van der Waals surface area contributed by atoms with Gasteiger partial charge in [0.2, 0.25) is 0 Å². The second-order valence-electron chi connectivity index (χ2n) is 7.60. The Morgan fingerprint density at radius 1 is 1.15 bits per heavy atom. The van der Waals surface area contributed by atoms with Crippen molar-refractivity contribution < 1.29 is 0 Å². The molecule has 4 bridgehead atoms. The number of nitrogens with two attached hydrogens (primary N) is 1. The fraction of sp³-hybridized carbons (Fsp3) is 0.706. The van der Waals surface area contributed by atoms with Crippen LogP contribution in [0.1, 0.15) is 44.1 Å². The molecule has 2 N–H and O–H groups in total. The van der Waals surface area contributed by atoms with Crippen molar-refractivity contribution in [3.05, 3.63) is 17.8 Å². The third-order valence-electron chi connectivity index (χ3n) is 6.21. The van der Waals surface area contributed by atoms with Crippen molar-refractivity contribution in [2.45, 2.75) is 51.0 Å². The van der Waals surface area contributed by atoms with Gasteiger partial charge in [-0.15, -0.1) is 0 Å². The van der Waals surface area contributed by atoms with Crippen molar-refractivity contribution in [2.24, 2.45) is 17.8 Å². The van der Waals surface area contributed by atoms with Gasteiger partial charge in [-0.05, 0) is 74.8 Å². The van der Waals surface area contributed by atoms with Crippen molar-refractivity contribution in [3.63, 3.8) is 0 Å². The lowest BCUT2D eigenvalue weighted by molar-refractivity contribution is -0.00202. The van der Waals surface area contributed by atoms with Gasteiger partial charge in [0.25, 0.3) is 0 Å². The van der Waals surface area contributed by atoms with Crippen molar-refractivity contribution in [1.29, 1.82) is 0 Å². The van der Waals surface area contributed by atoms with Crippen LogP contribution in [0.5, 0.6) is 0 Å². The molecule has 5 rings (SSSR count). The Bertz CT molecular complexity index is 502. The largest absolute Gasteiger partial charge is 0.383 e. The number of anilines is 2. The van der Waals surface area contributed by atoms with Gasteiger partial charge in [0.05, 0.1) is 11.9 Å². The quantitative estimate of drug-likeness (QED) is 0.896. The van der Waals surface area contributed by atoms with Gasteiger partial charge in [-0.1, -0.05) is 0 Å². The number of hydrogen-bond donors (Lipinski definition) is 1. The third kappa shape index (κ3) is 1.75. The molecule has 4 fully saturated rings. The molecule has 4 aliphatic rings. The average molecular weight is 271 g/mol. The van der Waals surface area contributed by atoms with E-state index >= 15 is 0 Å². The lowest BCUT2D eigenvalue weighted by atomic mass is 9.52. The molecule has 3 heteroatoms. The number of aryl methyl sites for hydroxylation is 1. The molecule has 0 spiro atoms. The molecular weight excluding hydrogens is 246 g/mol. The first kappa shape index (κ1) is 12.5. The summed E-state index contributed by atoms with van der Waals surface area (Å²) in [6.07, 6.45) is 10.6. The molecule has 4 saturated carbocycles. The molecule has 108 valence electrons. The molecule has 0 aromatic carbocycles. The summed E-state index contributed by atoms with van der Waals surface area (Å²) in [7, 11) is 2.28. The van der Waals surface area contributed by atoms with Crippen LogP contribution in [0, 0.1) is 24.7 Å². The van der Waals surface area contributed by atoms with Crippen molar-refractivity contribution in [3.8, 4) is 0 Å². The Morgan fingerprint density at radius 2 is 1.70 bits per heavy atom. The SMILES string of the molecule is Cc1cc(N(C)C23CC4CC(CC(C4)C2)C3)cnc1N. The van der Waals surface area contributed by atoms with Gasteiger partial charge >= 0.3 is 0 Å². The zero-order valence-corrected chi connectivity index (χ0v) is 12.6. The fourth-order valence-corrected chi connectivity index (χ4v) is 5.50. The lowest BCUT2D eigenvalue weighted by Gasteiger charge is -2.60. The minimum atomic E-state index is 0.402. The fourth-order valence-electron chi connectivity index (χ4n) is 5.50. The average Bonchev–Trinajstić information content (AvgIpc) is 2.39. The van der Waals surface area contributed by atoms with Gasteiger partial charge in [-0.25, -0.2) is 4.98 Å². The predicted octanol–water partition coefficient (Wildman–Crippen LogP) is 3.38. The first-order valence-electron chi connectivity index (χ1n) is 8.02. The minimum Gasteiger partial charge on any atom is -0.383 e. The number of aromatic nitrogens is 1. The standard InChI is InChI=1S/C17H25N3/c1-11-3-15(10-19-16(11)18)20(2)17-7-12-4-13(8-17)6-14(5-12)9-17/h3,10,12-14H,4-9H2,1-2H3,(H2,18,19). The smallest absolute Gasteiger partial charge is 0.126 e. The van der Waals surface area contributed by atoms with E-state index in [-0.39, 0.29) is 0 Å². The number of nitrogen functional groups attached to an aromatic ring is 1. The van der Waals surface area contributed by atoms with Gasteiger partial charge in [-0.3, -0.25) is 0 Å². The molecule has 1 aromatic heterocycles. The zero-order chi connectivity index (χ0) is 13.9. The van der Waals surface area contributed by atoms with Crippen LogP contribution in [0.3, 0.4) is 0 Å². The molecule has 0 atom stereocenters. The van der Waals surface area contributed by atoms with Crippen LogP contribution < -0.4 is 10.6 Å². The van der Waals surface area contributed by atoms with E-state index in [0.717, 1.165) is 23.3 Å². The summed E-state index contributed by atoms with van der Waals surface area (Å²) in [5.74, 6) is 3.59. The van der Waals surface area contributed by atoms with Crippen LogP contribution in [0.4, 0.5) is 11.5 Å². The summed E-state index contributed by atoms with van der Waals surface area (Å²) < 4.78 is 0. The molecular formula is C17H25N3. The van der Waals surface area contributed by atoms with E-state index < -0.39 is 0 Å². The highest BCUT2D eigenvalue weighted by molar-refractivity contribution is 5.54. The van der Waals surface area contributed by atoms with Crippen molar-refractivity contribution in [2.75, 3.05) is 17.7 Å². The van der Waals surface area contributed by atoms with Crippen LogP contribution >= 0.6 is 0 Å². The molecule has 20 heavy (non-hydrogen) atoms. The maximum absolute atomic E-state index is 5.87. The second kappa shape index (κ2) is 4.12. The van der Waals surface area contributed by atoms with Crippen LogP contribution in [0.2, 0.25) is 0 Å². The van der Waals surface area contributed by atoms with Gasteiger partial charge in [-0.2, -0.15) is 0 Å². The molecule has 3 nitrogen and oxygen atoms in total. The first-order valence-corrected chi connectivity index (χ1v) is 8.02. The monoisotopic (exact) mass is 271 g/mol. The maximum atomic E-state index is 5.87. The Kier molecular flexibility index (Phi) is 2.57. The van der Waals surface area contributed by atoms with E-state index in [0.29, 0.717) is 11.4 Å². The van der Waals surface area contributed by atoms with E-state index in [2.05, 4.69) is 29.9 Å². The molecule has 0 saturated heterocycles. The van der Waals surface area contributed by atoms with Crippen molar-refractivity contribution >= 4 is 11.5 Å². The summed E-state index contributed by atoms with van der Waals surface area (Å²) in [4.78, 5) is 6.90. The zero-order valence-electron chi connectivity index (χ0n) is 12.6. The Balaban J connectivity index is 1.67. The highest BCUT2D eigenvalue weighted by Crippen LogP contribution is 2.58. The summed E-state index contributed by atoms with van der Waals surface area (Å²) in [5, 5.41) is 0. The number of pyridine rings is 1. The van der Waals surface area contributed by atoms with Gasteiger partial charge in [0.15, 0.2) is 0 Å². The summed E-state index contributed by atoms with van der Waals surface area (Å²) in [6.45, 7) is 2.05. The van der Waals surface area contributed by atoms with E-state index in [1.165, 1.54) is 44.2 Å². The van der Waals surface area contributed by atoms with Gasteiger partial charge < -0.3 is 10.6 Å². The van der Waals surface area contributed by atoms with Gasteiger partial charge in [0, 0.05) is 12.6 Å². The van der Waals surface area contributed by atoms with Crippen LogP contribution in [-0.2, 0) is 0 Å². The molecule has 4 aliphatic carbocycles. The molecule has 0 unspecified atom stereocenters. The Hall–Kier alpha value is -1.25. The van der Waals surface area contributed by atoms with E-state index in [1.54, 1.807) is 0 Å². The maximum Gasteiger partial charge on any atom is 0.126 e. The van der Waals surface area contributed by atoms with E-state index in [4.69, 9.17) is 5.73 Å². The normalized spacial score (nSPS) is 38.2. The summed E-state index contributed by atoms with van der Waals surface area (Å²) >= 11 is 0. The summed E-state index contributed by atoms with van der Waals surface area (Å²) in [6, 6.07) is 2.21. The van der Waals surface area contributed by atoms with Crippen molar-refractivity contribution in [1.82, 2.24) is 4.98 Å².